The van der Waals surface area contributed by atoms with Crippen LogP contribution in [0.2, 0.25) is 0 Å². The van der Waals surface area contributed by atoms with Gasteiger partial charge in [-0.2, -0.15) is 0 Å². The van der Waals surface area contributed by atoms with Crippen molar-refractivity contribution in [1.29, 1.82) is 0 Å². The predicted octanol–water partition coefficient (Wildman–Crippen LogP) is 4.94. The topological polar surface area (TPSA) is 66.0 Å². The van der Waals surface area contributed by atoms with Crippen molar-refractivity contribution >= 4 is 5.91 Å². The lowest BCUT2D eigenvalue weighted by molar-refractivity contribution is 0.0950. The Bertz CT molecular complexity index is 1130. The molecule has 4 rings (SSSR count). The van der Waals surface area contributed by atoms with E-state index < -0.39 is 0 Å². The van der Waals surface area contributed by atoms with Crippen molar-refractivity contribution in [2.24, 2.45) is 0 Å². The molecule has 0 aliphatic carbocycles. The standard InChI is InChI=1S/C26H27NO5/c1-4-29-23-10-7-20(13-21(23)15-30-22-8-5-17(2)18(3)11-22)26(28)27-14-19-6-9-24-25(12-19)32-16-31-24/h5-13H,4,14-16H2,1-3H3,(H,27,28). The van der Waals surface area contributed by atoms with Crippen LogP contribution in [0.4, 0.5) is 0 Å². The molecule has 6 nitrogen and oxygen atoms in total. The number of nitrogens with one attached hydrogen (secondary N) is 1. The minimum atomic E-state index is -0.168. The van der Waals surface area contributed by atoms with Crippen LogP contribution in [0.3, 0.4) is 0 Å². The highest BCUT2D eigenvalue weighted by Crippen LogP contribution is 2.32. The number of hydrogen-bond acceptors (Lipinski definition) is 5. The molecule has 0 aromatic heterocycles. The van der Waals surface area contributed by atoms with Crippen molar-refractivity contribution in [3.05, 3.63) is 82.4 Å². The van der Waals surface area contributed by atoms with Crippen molar-refractivity contribution in [3.63, 3.8) is 0 Å². The van der Waals surface area contributed by atoms with Crippen molar-refractivity contribution in [2.45, 2.75) is 33.9 Å². The molecule has 0 radical (unpaired) electrons. The Morgan fingerprint density at radius 1 is 0.938 bits per heavy atom. The molecular weight excluding hydrogens is 406 g/mol. The molecule has 32 heavy (non-hydrogen) atoms. The van der Waals surface area contributed by atoms with E-state index in [0.717, 1.165) is 22.6 Å². The zero-order valence-corrected chi connectivity index (χ0v) is 18.6. The van der Waals surface area contributed by atoms with E-state index in [-0.39, 0.29) is 12.7 Å². The van der Waals surface area contributed by atoms with Gasteiger partial charge in [-0.3, -0.25) is 4.79 Å². The summed E-state index contributed by atoms with van der Waals surface area (Å²) in [5, 5.41) is 2.96. The SMILES string of the molecule is CCOc1ccc(C(=O)NCc2ccc3c(c2)OCO3)cc1COc1ccc(C)c(C)c1. The number of carbonyl (C=O) groups is 1. The van der Waals surface area contributed by atoms with Gasteiger partial charge in [0.25, 0.3) is 5.91 Å². The Hall–Kier alpha value is -3.67. The molecule has 6 heteroatoms. The van der Waals surface area contributed by atoms with Gasteiger partial charge in [-0.15, -0.1) is 0 Å². The largest absolute Gasteiger partial charge is 0.493 e. The predicted molar refractivity (Wildman–Crippen MR) is 122 cm³/mol. The number of hydrogen-bond donors (Lipinski definition) is 1. The van der Waals surface area contributed by atoms with Gasteiger partial charge in [0.15, 0.2) is 11.5 Å². The van der Waals surface area contributed by atoms with Gasteiger partial charge in [-0.1, -0.05) is 12.1 Å². The molecule has 0 saturated heterocycles. The second-order valence-electron chi connectivity index (χ2n) is 7.66. The lowest BCUT2D eigenvalue weighted by atomic mass is 10.1. The van der Waals surface area contributed by atoms with Crippen molar-refractivity contribution in [2.75, 3.05) is 13.4 Å². The second kappa shape index (κ2) is 9.64. The quantitative estimate of drug-likeness (QED) is 0.545. The van der Waals surface area contributed by atoms with Gasteiger partial charge in [-0.05, 0) is 79.9 Å². The highest BCUT2D eigenvalue weighted by Gasteiger charge is 2.15. The fourth-order valence-corrected chi connectivity index (χ4v) is 3.43. The number of rotatable bonds is 8. The number of carbonyl (C=O) groups excluding carboxylic acids is 1. The van der Waals surface area contributed by atoms with Crippen LogP contribution < -0.4 is 24.3 Å². The Morgan fingerprint density at radius 2 is 1.78 bits per heavy atom. The van der Waals surface area contributed by atoms with Crippen LogP contribution in [-0.2, 0) is 13.2 Å². The van der Waals surface area contributed by atoms with Crippen LogP contribution in [0, 0.1) is 13.8 Å². The van der Waals surface area contributed by atoms with Crippen LogP contribution in [-0.4, -0.2) is 19.3 Å². The molecule has 1 amide bonds. The molecule has 0 saturated carbocycles. The molecule has 0 spiro atoms. The van der Waals surface area contributed by atoms with Gasteiger partial charge in [0.05, 0.1) is 6.61 Å². The summed E-state index contributed by atoms with van der Waals surface area (Å²) in [5.74, 6) is 2.75. The molecule has 0 unspecified atom stereocenters. The number of aryl methyl sites for hydroxylation is 2. The van der Waals surface area contributed by atoms with E-state index in [1.165, 1.54) is 11.1 Å². The molecule has 1 aliphatic rings. The Morgan fingerprint density at radius 3 is 2.59 bits per heavy atom. The zero-order chi connectivity index (χ0) is 22.5. The summed E-state index contributed by atoms with van der Waals surface area (Å²) in [7, 11) is 0. The fraction of sp³-hybridized carbons (Fsp3) is 0.269. The van der Waals surface area contributed by atoms with Crippen molar-refractivity contribution in [1.82, 2.24) is 5.32 Å². The molecular formula is C26H27NO5. The van der Waals surface area contributed by atoms with E-state index in [2.05, 4.69) is 19.2 Å². The normalized spacial score (nSPS) is 11.8. The lowest BCUT2D eigenvalue weighted by Crippen LogP contribution is -2.23. The van der Waals surface area contributed by atoms with Crippen molar-refractivity contribution in [3.8, 4) is 23.0 Å². The van der Waals surface area contributed by atoms with Gasteiger partial charge in [0.1, 0.15) is 18.1 Å². The molecule has 1 heterocycles. The first-order valence-corrected chi connectivity index (χ1v) is 10.7. The fourth-order valence-electron chi connectivity index (χ4n) is 3.43. The summed E-state index contributed by atoms with van der Waals surface area (Å²) in [6.45, 7) is 7.51. The minimum absolute atomic E-state index is 0.168. The second-order valence-corrected chi connectivity index (χ2v) is 7.66. The highest BCUT2D eigenvalue weighted by atomic mass is 16.7. The Balaban J connectivity index is 1.44. The molecule has 0 atom stereocenters. The summed E-state index contributed by atoms with van der Waals surface area (Å²) in [6, 6.07) is 17.0. The third kappa shape index (κ3) is 4.97. The summed E-state index contributed by atoms with van der Waals surface area (Å²) < 4.78 is 22.4. The van der Waals surface area contributed by atoms with E-state index in [1.807, 2.05) is 55.5 Å². The summed E-state index contributed by atoms with van der Waals surface area (Å²) in [4.78, 5) is 12.8. The molecule has 0 bridgehead atoms. The van der Waals surface area contributed by atoms with Crippen LogP contribution >= 0.6 is 0 Å². The first-order chi connectivity index (χ1) is 15.5. The maximum atomic E-state index is 12.8. The van der Waals surface area contributed by atoms with Gasteiger partial charge in [-0.25, -0.2) is 0 Å². The molecule has 0 fully saturated rings. The van der Waals surface area contributed by atoms with Crippen LogP contribution in [0.15, 0.2) is 54.6 Å². The summed E-state index contributed by atoms with van der Waals surface area (Å²) in [5.41, 5.74) is 4.69. The zero-order valence-electron chi connectivity index (χ0n) is 18.6. The number of benzene rings is 3. The third-order valence-corrected chi connectivity index (χ3v) is 5.39. The minimum Gasteiger partial charge on any atom is -0.493 e. The van der Waals surface area contributed by atoms with E-state index in [1.54, 1.807) is 6.07 Å². The monoisotopic (exact) mass is 433 g/mol. The van der Waals surface area contributed by atoms with Gasteiger partial charge in [0, 0.05) is 17.7 Å². The van der Waals surface area contributed by atoms with Gasteiger partial charge < -0.3 is 24.3 Å². The molecule has 166 valence electrons. The van der Waals surface area contributed by atoms with E-state index in [0.29, 0.717) is 36.8 Å². The van der Waals surface area contributed by atoms with E-state index in [9.17, 15) is 4.79 Å². The first kappa shape index (κ1) is 21.6. The number of fused-ring (bicyclic) bond motifs is 1. The van der Waals surface area contributed by atoms with E-state index >= 15 is 0 Å². The van der Waals surface area contributed by atoms with Gasteiger partial charge in [0.2, 0.25) is 6.79 Å². The summed E-state index contributed by atoms with van der Waals surface area (Å²) >= 11 is 0. The van der Waals surface area contributed by atoms with Gasteiger partial charge >= 0.3 is 0 Å². The maximum absolute atomic E-state index is 12.8. The Labute approximate surface area is 188 Å². The number of ether oxygens (including phenoxy) is 4. The van der Waals surface area contributed by atoms with Crippen LogP contribution in [0.25, 0.3) is 0 Å². The lowest BCUT2D eigenvalue weighted by Gasteiger charge is -2.14. The first-order valence-electron chi connectivity index (χ1n) is 10.7. The molecule has 3 aromatic carbocycles. The van der Waals surface area contributed by atoms with E-state index in [4.69, 9.17) is 18.9 Å². The number of amides is 1. The average Bonchev–Trinajstić information content (AvgIpc) is 3.27. The Kier molecular flexibility index (Phi) is 6.50. The smallest absolute Gasteiger partial charge is 0.251 e. The molecule has 1 aliphatic heterocycles. The molecule has 1 N–H and O–H groups in total. The van der Waals surface area contributed by atoms with Crippen LogP contribution in [0.1, 0.15) is 39.5 Å². The highest BCUT2D eigenvalue weighted by molar-refractivity contribution is 5.94. The average molecular weight is 434 g/mol. The third-order valence-electron chi connectivity index (χ3n) is 5.39. The summed E-state index contributed by atoms with van der Waals surface area (Å²) in [6.07, 6.45) is 0. The van der Waals surface area contributed by atoms with Crippen LogP contribution in [0.5, 0.6) is 23.0 Å². The molecule has 3 aromatic rings. The maximum Gasteiger partial charge on any atom is 0.251 e. The van der Waals surface area contributed by atoms with Crippen molar-refractivity contribution < 1.29 is 23.7 Å².